The van der Waals surface area contributed by atoms with Crippen molar-refractivity contribution < 1.29 is 18.3 Å². The molecule has 4 aromatic heterocycles. The molecule has 1 aromatic carbocycles. The highest BCUT2D eigenvalue weighted by molar-refractivity contribution is 7.17. The van der Waals surface area contributed by atoms with Crippen molar-refractivity contribution in [1.29, 1.82) is 0 Å². The lowest BCUT2D eigenvalue weighted by Gasteiger charge is -2.36. The highest BCUT2D eigenvalue weighted by Crippen LogP contribution is 2.27. The smallest absolute Gasteiger partial charge is 0.309 e. The molecule has 5 heterocycles. The van der Waals surface area contributed by atoms with Crippen molar-refractivity contribution in [3.8, 4) is 17.3 Å². The zero-order valence-corrected chi connectivity index (χ0v) is 24.5. The van der Waals surface area contributed by atoms with Crippen LogP contribution in [0.15, 0.2) is 45.8 Å². The minimum Gasteiger partial charge on any atom is -0.486 e. The lowest BCUT2D eigenvalue weighted by atomic mass is 10.2. The normalized spacial score (nSPS) is 14.2. The van der Waals surface area contributed by atoms with Gasteiger partial charge in [-0.25, -0.2) is 9.37 Å². The number of nitrogen functional groups attached to an aromatic ring is 1. The van der Waals surface area contributed by atoms with Crippen LogP contribution in [0.3, 0.4) is 0 Å². The Hall–Kier alpha value is -4.34. The second-order valence-corrected chi connectivity index (χ2v) is 11.2. The topological polar surface area (TPSA) is 149 Å². The molecular weight excluding hydrogens is 577 g/mol. The van der Waals surface area contributed by atoms with Crippen molar-refractivity contribution in [2.24, 2.45) is 0 Å². The van der Waals surface area contributed by atoms with E-state index in [-0.39, 0.29) is 29.0 Å². The third-order valence-corrected chi connectivity index (χ3v) is 8.38. The number of ether oxygens (including phenoxy) is 1. The van der Waals surface area contributed by atoms with Crippen molar-refractivity contribution >= 4 is 44.8 Å². The summed E-state index contributed by atoms with van der Waals surface area (Å²) in [5.74, 6) is 0.921. The summed E-state index contributed by atoms with van der Waals surface area (Å²) in [5.41, 5.74) is 7.62. The van der Waals surface area contributed by atoms with Gasteiger partial charge in [0.2, 0.25) is 11.8 Å². The Labute approximate surface area is 249 Å². The van der Waals surface area contributed by atoms with E-state index < -0.39 is 0 Å². The van der Waals surface area contributed by atoms with Crippen LogP contribution in [0.1, 0.15) is 12.8 Å². The number of halogens is 1. The average Bonchev–Trinajstić information content (AvgIpc) is 3.75. The SMILES string of the molecule is CNCCCC(=O)COc1ccc(N2CCN(CCn3c(=O)sc4c3nc(N)n3nc(-c5ccco5)nc43)CC2)c(F)c1. The van der Waals surface area contributed by atoms with Crippen LogP contribution < -0.4 is 25.6 Å². The Bertz CT molecular complexity index is 1790. The Morgan fingerprint density at radius 2 is 2.00 bits per heavy atom. The summed E-state index contributed by atoms with van der Waals surface area (Å²) in [5, 5.41) is 7.39. The van der Waals surface area contributed by atoms with Crippen molar-refractivity contribution in [3.63, 3.8) is 0 Å². The molecular formula is C28H32FN9O4S. The zero-order valence-electron chi connectivity index (χ0n) is 23.7. The van der Waals surface area contributed by atoms with E-state index in [1.54, 1.807) is 28.8 Å². The fraction of sp³-hybridized carbons (Fsp3) is 0.393. The summed E-state index contributed by atoms with van der Waals surface area (Å²) >= 11 is 1.06. The van der Waals surface area contributed by atoms with E-state index in [9.17, 15) is 14.0 Å². The van der Waals surface area contributed by atoms with Crippen LogP contribution in [-0.2, 0) is 11.3 Å². The number of furan rings is 1. The van der Waals surface area contributed by atoms with E-state index in [2.05, 4.69) is 25.3 Å². The highest BCUT2D eigenvalue weighted by atomic mass is 32.1. The molecule has 0 atom stereocenters. The molecule has 1 aliphatic heterocycles. The van der Waals surface area contributed by atoms with Gasteiger partial charge in [-0.3, -0.25) is 19.1 Å². The number of anilines is 2. The van der Waals surface area contributed by atoms with Gasteiger partial charge in [0.15, 0.2) is 22.8 Å². The third kappa shape index (κ3) is 6.09. The number of rotatable bonds is 12. The summed E-state index contributed by atoms with van der Waals surface area (Å²) in [6.07, 6.45) is 2.70. The number of aromatic nitrogens is 5. The largest absolute Gasteiger partial charge is 0.486 e. The monoisotopic (exact) mass is 609 g/mol. The molecule has 5 aromatic rings. The molecule has 13 nitrogen and oxygen atoms in total. The number of thiazole rings is 1. The fourth-order valence-electron chi connectivity index (χ4n) is 5.12. The number of benzene rings is 1. The minimum atomic E-state index is -0.386. The Balaban J connectivity index is 1.06. The van der Waals surface area contributed by atoms with Crippen molar-refractivity contribution in [1.82, 2.24) is 34.4 Å². The second-order valence-electron chi connectivity index (χ2n) is 10.3. The zero-order chi connectivity index (χ0) is 29.9. The first-order valence-corrected chi connectivity index (χ1v) is 14.9. The van der Waals surface area contributed by atoms with Gasteiger partial charge in [0.05, 0.1) is 12.0 Å². The number of fused-ring (bicyclic) bond motifs is 3. The van der Waals surface area contributed by atoms with Crippen LogP contribution in [0.25, 0.3) is 27.6 Å². The van der Waals surface area contributed by atoms with Crippen molar-refractivity contribution in [3.05, 3.63) is 52.1 Å². The molecule has 0 radical (unpaired) electrons. The number of nitrogens with two attached hydrogens (primary N) is 1. The molecule has 1 aliphatic rings. The van der Waals surface area contributed by atoms with Gasteiger partial charge in [0.1, 0.15) is 22.9 Å². The molecule has 15 heteroatoms. The fourth-order valence-corrected chi connectivity index (χ4v) is 6.05. The lowest BCUT2D eigenvalue weighted by molar-refractivity contribution is -0.121. The second kappa shape index (κ2) is 12.5. The maximum Gasteiger partial charge on any atom is 0.309 e. The van der Waals surface area contributed by atoms with E-state index in [0.717, 1.165) is 24.3 Å². The van der Waals surface area contributed by atoms with Crippen LogP contribution in [-0.4, -0.2) is 87.8 Å². The number of nitrogens with one attached hydrogen (secondary N) is 1. The Kier molecular flexibility index (Phi) is 8.35. The van der Waals surface area contributed by atoms with E-state index >= 15 is 0 Å². The van der Waals surface area contributed by atoms with E-state index in [1.165, 1.54) is 16.8 Å². The van der Waals surface area contributed by atoms with Gasteiger partial charge in [-0.15, -0.1) is 5.10 Å². The van der Waals surface area contributed by atoms with E-state index in [0.29, 0.717) is 84.7 Å². The number of hydrogen-bond donors (Lipinski definition) is 2. The molecule has 0 amide bonds. The molecule has 0 aliphatic carbocycles. The number of Topliss-reactive ketones (excluding diaryl/α,β-unsaturated/α-hetero) is 1. The lowest BCUT2D eigenvalue weighted by Crippen LogP contribution is -2.47. The van der Waals surface area contributed by atoms with Crippen LogP contribution in [0.5, 0.6) is 5.75 Å². The number of nitrogens with zero attached hydrogens (tertiary/aromatic N) is 7. The van der Waals surface area contributed by atoms with Crippen molar-refractivity contribution in [2.45, 2.75) is 19.4 Å². The number of ketones is 1. The van der Waals surface area contributed by atoms with E-state index in [4.69, 9.17) is 14.9 Å². The van der Waals surface area contributed by atoms with Gasteiger partial charge < -0.3 is 25.1 Å². The molecule has 0 bridgehead atoms. The summed E-state index contributed by atoms with van der Waals surface area (Å²) < 4.78 is 29.5. The average molecular weight is 610 g/mol. The van der Waals surface area contributed by atoms with Crippen LogP contribution >= 0.6 is 11.3 Å². The quantitative estimate of drug-likeness (QED) is 0.201. The third-order valence-electron chi connectivity index (χ3n) is 7.41. The molecule has 1 fully saturated rings. The van der Waals surface area contributed by atoms with Gasteiger partial charge in [0.25, 0.3) is 0 Å². The van der Waals surface area contributed by atoms with Gasteiger partial charge >= 0.3 is 4.87 Å². The Morgan fingerprint density at radius 3 is 2.74 bits per heavy atom. The molecule has 43 heavy (non-hydrogen) atoms. The maximum absolute atomic E-state index is 15.0. The van der Waals surface area contributed by atoms with Gasteiger partial charge in [-0.1, -0.05) is 11.3 Å². The van der Waals surface area contributed by atoms with Crippen LogP contribution in [0.2, 0.25) is 0 Å². The maximum atomic E-state index is 15.0. The molecule has 0 saturated carbocycles. The molecule has 3 N–H and O–H groups in total. The first-order chi connectivity index (χ1) is 20.9. The number of hydrogen-bond acceptors (Lipinski definition) is 12. The molecule has 226 valence electrons. The molecule has 6 rings (SSSR count). The molecule has 0 unspecified atom stereocenters. The predicted molar refractivity (Wildman–Crippen MR) is 161 cm³/mol. The summed E-state index contributed by atoms with van der Waals surface area (Å²) in [7, 11) is 1.84. The summed E-state index contributed by atoms with van der Waals surface area (Å²) in [4.78, 5) is 38.0. The summed E-state index contributed by atoms with van der Waals surface area (Å²) in [6.45, 7) is 4.39. The van der Waals surface area contributed by atoms with Gasteiger partial charge in [0, 0.05) is 51.8 Å². The van der Waals surface area contributed by atoms with Crippen LogP contribution in [0.4, 0.5) is 16.0 Å². The van der Waals surface area contributed by atoms with Gasteiger partial charge in [-0.2, -0.15) is 9.50 Å². The number of carbonyl (C=O) groups excluding carboxylic acids is 1. The predicted octanol–water partition coefficient (Wildman–Crippen LogP) is 2.25. The highest BCUT2D eigenvalue weighted by Gasteiger charge is 2.23. The van der Waals surface area contributed by atoms with E-state index in [1.807, 2.05) is 11.9 Å². The first-order valence-electron chi connectivity index (χ1n) is 14.1. The number of carbonyl (C=O) groups is 1. The standard InChI is InChI=1S/C28H32FN9O4S/c1-31-8-2-4-18(39)17-42-19-6-7-21(20(29)16-19)36-12-9-35(10-13-36)11-14-37-25-23(43-28(37)40)26-32-24(22-5-3-15-41-22)34-38(26)27(30)33-25/h3,5-7,15-16,31H,2,4,8-14,17H2,1H3,(H2,30,33). The molecule has 1 saturated heterocycles. The Morgan fingerprint density at radius 1 is 1.16 bits per heavy atom. The number of piperazine rings is 1. The summed E-state index contributed by atoms with van der Waals surface area (Å²) in [6, 6.07) is 8.22. The van der Waals surface area contributed by atoms with Crippen molar-refractivity contribution in [2.75, 3.05) is 63.6 Å². The molecule has 0 spiro atoms. The first kappa shape index (κ1) is 28.8. The van der Waals surface area contributed by atoms with Crippen LogP contribution in [0, 0.1) is 5.82 Å². The minimum absolute atomic E-state index is 0.0150. The van der Waals surface area contributed by atoms with Gasteiger partial charge in [-0.05, 0) is 44.3 Å².